The van der Waals surface area contributed by atoms with Crippen LogP contribution in [0.1, 0.15) is 70.6 Å². The van der Waals surface area contributed by atoms with E-state index in [2.05, 4.69) is 6.92 Å². The molecular weight excluding hydrogens is 200 g/mol. The lowest BCUT2D eigenvalue weighted by atomic mass is 9.98. The highest BCUT2D eigenvalue weighted by molar-refractivity contribution is 5.69. The van der Waals surface area contributed by atoms with Crippen molar-refractivity contribution in [1.29, 1.82) is 0 Å². The van der Waals surface area contributed by atoms with E-state index in [0.29, 0.717) is 6.42 Å². The van der Waals surface area contributed by atoms with Crippen molar-refractivity contribution in [3.63, 3.8) is 0 Å². The minimum absolute atomic E-state index is 0.000904. The molecule has 1 aliphatic carbocycles. The molecule has 0 aromatic heterocycles. The van der Waals surface area contributed by atoms with Crippen LogP contribution in [0.5, 0.6) is 0 Å². The normalized spacial score (nSPS) is 18.8. The van der Waals surface area contributed by atoms with Gasteiger partial charge in [0.05, 0.1) is 0 Å². The first-order valence-electron chi connectivity index (χ1n) is 6.81. The number of carbonyl (C=O) groups is 1. The molecular formula is C14H25O2. The van der Waals surface area contributed by atoms with Gasteiger partial charge in [0.25, 0.3) is 0 Å². The summed E-state index contributed by atoms with van der Waals surface area (Å²) in [6, 6.07) is 0. The van der Waals surface area contributed by atoms with Crippen LogP contribution in [-0.2, 0) is 9.53 Å². The van der Waals surface area contributed by atoms with Gasteiger partial charge in [0, 0.05) is 6.42 Å². The molecule has 16 heavy (non-hydrogen) atoms. The maximum Gasteiger partial charge on any atom is 0.306 e. The maximum absolute atomic E-state index is 11.5. The third kappa shape index (κ3) is 6.14. The molecule has 1 aliphatic rings. The molecule has 0 saturated heterocycles. The topological polar surface area (TPSA) is 26.3 Å². The number of ether oxygens (including phenoxy) is 1. The van der Waals surface area contributed by atoms with Gasteiger partial charge in [-0.1, -0.05) is 39.0 Å². The molecule has 0 unspecified atom stereocenters. The summed E-state index contributed by atoms with van der Waals surface area (Å²) >= 11 is 0. The minimum atomic E-state index is -0.000904. The largest absolute Gasteiger partial charge is 0.462 e. The Morgan fingerprint density at radius 1 is 1.06 bits per heavy atom. The van der Waals surface area contributed by atoms with E-state index in [0.717, 1.165) is 32.1 Å². The molecule has 0 aromatic carbocycles. The number of carbonyl (C=O) groups excluding carboxylic acids is 1. The molecule has 2 heteroatoms. The average Bonchev–Trinajstić information content (AvgIpc) is 2.22. The summed E-state index contributed by atoms with van der Waals surface area (Å²) in [7, 11) is 0. The first kappa shape index (κ1) is 13.5. The molecule has 0 atom stereocenters. The van der Waals surface area contributed by atoms with Gasteiger partial charge < -0.3 is 4.74 Å². The molecule has 1 rings (SSSR count). The zero-order chi connectivity index (χ0) is 11.6. The Morgan fingerprint density at radius 3 is 2.31 bits per heavy atom. The van der Waals surface area contributed by atoms with E-state index in [1.54, 1.807) is 0 Å². The number of esters is 1. The van der Waals surface area contributed by atoms with Crippen molar-refractivity contribution in [2.24, 2.45) is 0 Å². The van der Waals surface area contributed by atoms with Crippen molar-refractivity contribution in [1.82, 2.24) is 0 Å². The molecule has 0 aliphatic heterocycles. The molecule has 1 saturated carbocycles. The predicted octanol–water partition coefficient (Wildman–Crippen LogP) is 4.04. The Balaban J connectivity index is 2.14. The zero-order valence-electron chi connectivity index (χ0n) is 10.4. The highest BCUT2D eigenvalue weighted by Gasteiger charge is 2.15. The van der Waals surface area contributed by atoms with Crippen LogP contribution in [0.2, 0.25) is 0 Å². The van der Waals surface area contributed by atoms with Crippen molar-refractivity contribution in [3.05, 3.63) is 6.92 Å². The maximum atomic E-state index is 11.5. The number of rotatable bonds is 5. The Hall–Kier alpha value is -0.530. The van der Waals surface area contributed by atoms with Crippen molar-refractivity contribution >= 4 is 5.97 Å². The van der Waals surface area contributed by atoms with E-state index in [9.17, 15) is 4.79 Å². The number of hydrogen-bond donors (Lipinski definition) is 0. The van der Waals surface area contributed by atoms with Gasteiger partial charge >= 0.3 is 5.97 Å². The van der Waals surface area contributed by atoms with Crippen molar-refractivity contribution < 1.29 is 9.53 Å². The highest BCUT2D eigenvalue weighted by atomic mass is 16.5. The molecule has 1 fully saturated rings. The number of hydrogen-bond acceptors (Lipinski definition) is 2. The summed E-state index contributed by atoms with van der Waals surface area (Å²) in [4.78, 5) is 11.5. The SMILES string of the molecule is [CH2]CCCCC(=O)OC1CCCCCCC1. The van der Waals surface area contributed by atoms with Crippen LogP contribution in [0.4, 0.5) is 0 Å². The van der Waals surface area contributed by atoms with Crippen LogP contribution < -0.4 is 0 Å². The average molecular weight is 225 g/mol. The van der Waals surface area contributed by atoms with Crippen molar-refractivity contribution in [2.45, 2.75) is 76.7 Å². The van der Waals surface area contributed by atoms with E-state index in [-0.39, 0.29) is 12.1 Å². The van der Waals surface area contributed by atoms with Gasteiger partial charge in [0.2, 0.25) is 0 Å². The molecule has 0 amide bonds. The first-order valence-corrected chi connectivity index (χ1v) is 6.81. The van der Waals surface area contributed by atoms with Gasteiger partial charge in [-0.05, 0) is 32.1 Å². The van der Waals surface area contributed by atoms with Gasteiger partial charge in [0.15, 0.2) is 0 Å². The fourth-order valence-corrected chi connectivity index (χ4v) is 2.23. The van der Waals surface area contributed by atoms with Crippen molar-refractivity contribution in [3.8, 4) is 0 Å². The van der Waals surface area contributed by atoms with E-state index in [4.69, 9.17) is 4.74 Å². The monoisotopic (exact) mass is 225 g/mol. The van der Waals surface area contributed by atoms with Crippen LogP contribution in [0.3, 0.4) is 0 Å². The van der Waals surface area contributed by atoms with E-state index in [1.807, 2.05) is 0 Å². The van der Waals surface area contributed by atoms with E-state index >= 15 is 0 Å². The lowest BCUT2D eigenvalue weighted by Crippen LogP contribution is -2.19. The van der Waals surface area contributed by atoms with Gasteiger partial charge in [-0.3, -0.25) is 4.79 Å². The molecule has 0 heterocycles. The van der Waals surface area contributed by atoms with Crippen LogP contribution in [-0.4, -0.2) is 12.1 Å². The van der Waals surface area contributed by atoms with Crippen LogP contribution >= 0.6 is 0 Å². The zero-order valence-corrected chi connectivity index (χ0v) is 10.4. The Bertz CT molecular complexity index is 181. The quantitative estimate of drug-likeness (QED) is 0.521. The Kier molecular flexibility index (Phi) is 7.28. The summed E-state index contributed by atoms with van der Waals surface area (Å²) in [6.45, 7) is 3.77. The lowest BCUT2D eigenvalue weighted by molar-refractivity contribution is -0.150. The molecule has 0 bridgehead atoms. The first-order chi connectivity index (χ1) is 7.83. The molecule has 2 nitrogen and oxygen atoms in total. The number of unbranched alkanes of at least 4 members (excludes halogenated alkanes) is 2. The molecule has 1 radical (unpaired) electrons. The molecule has 0 spiro atoms. The summed E-state index contributed by atoms with van der Waals surface area (Å²) < 4.78 is 5.51. The standard InChI is InChI=1S/C14H25O2/c1-2-3-7-12-14(15)16-13-10-8-5-4-6-9-11-13/h13H,1-12H2. The Morgan fingerprint density at radius 2 is 1.69 bits per heavy atom. The minimum Gasteiger partial charge on any atom is -0.462 e. The summed E-state index contributed by atoms with van der Waals surface area (Å²) in [6.07, 6.45) is 12.2. The van der Waals surface area contributed by atoms with Gasteiger partial charge in [0.1, 0.15) is 6.10 Å². The third-order valence-electron chi connectivity index (χ3n) is 3.23. The smallest absolute Gasteiger partial charge is 0.306 e. The van der Waals surface area contributed by atoms with Gasteiger partial charge in [-0.2, -0.15) is 0 Å². The molecule has 0 N–H and O–H groups in total. The fourth-order valence-electron chi connectivity index (χ4n) is 2.23. The second-order valence-electron chi connectivity index (χ2n) is 4.77. The van der Waals surface area contributed by atoms with E-state index in [1.165, 1.54) is 32.1 Å². The van der Waals surface area contributed by atoms with Gasteiger partial charge in [-0.25, -0.2) is 0 Å². The second-order valence-corrected chi connectivity index (χ2v) is 4.77. The lowest BCUT2D eigenvalue weighted by Gasteiger charge is -2.20. The summed E-state index contributed by atoms with van der Waals surface area (Å²) in [5.41, 5.74) is 0. The summed E-state index contributed by atoms with van der Waals surface area (Å²) in [5, 5.41) is 0. The molecule has 93 valence electrons. The van der Waals surface area contributed by atoms with Crippen molar-refractivity contribution in [2.75, 3.05) is 0 Å². The molecule has 0 aromatic rings. The second kappa shape index (κ2) is 8.60. The van der Waals surface area contributed by atoms with Crippen LogP contribution in [0.25, 0.3) is 0 Å². The van der Waals surface area contributed by atoms with Gasteiger partial charge in [-0.15, -0.1) is 0 Å². The predicted molar refractivity (Wildman–Crippen MR) is 66.0 cm³/mol. The highest BCUT2D eigenvalue weighted by Crippen LogP contribution is 2.20. The summed E-state index contributed by atoms with van der Waals surface area (Å²) in [5.74, 6) is -0.000904. The fraction of sp³-hybridized carbons (Fsp3) is 0.857. The van der Waals surface area contributed by atoms with Crippen LogP contribution in [0.15, 0.2) is 0 Å². The third-order valence-corrected chi connectivity index (χ3v) is 3.23. The van der Waals surface area contributed by atoms with E-state index < -0.39 is 0 Å². The Labute approximate surface area is 99.8 Å². The van der Waals surface area contributed by atoms with Crippen LogP contribution in [0, 0.1) is 6.92 Å².